The van der Waals surface area contributed by atoms with E-state index >= 15 is 0 Å². The number of nitrogens with zero attached hydrogens (tertiary/aromatic N) is 4. The second-order valence-electron chi connectivity index (χ2n) is 11.0. The maximum Gasteiger partial charge on any atom is 0.254 e. The molecule has 39 heavy (non-hydrogen) atoms. The molecule has 204 valence electrons. The molecule has 2 aliphatic rings. The van der Waals surface area contributed by atoms with Crippen LogP contribution in [-0.4, -0.2) is 68.1 Å². The number of rotatable bonds is 6. The zero-order valence-electron chi connectivity index (χ0n) is 23.6. The van der Waals surface area contributed by atoms with Gasteiger partial charge in [-0.15, -0.1) is 0 Å². The van der Waals surface area contributed by atoms with Crippen molar-refractivity contribution in [1.82, 2.24) is 9.80 Å². The van der Waals surface area contributed by atoms with Crippen LogP contribution in [0, 0.1) is 20.8 Å². The van der Waals surface area contributed by atoms with Crippen LogP contribution in [0.1, 0.15) is 38.2 Å². The summed E-state index contributed by atoms with van der Waals surface area (Å²) in [5.74, 6) is 0.154. The SMILES string of the molecule is C=C(N)c1ccccc1N1CCN(Cc2cc(C(=O)N3CCN(c4ccccc4C)CC3)c(C)cc2C)CC1. The molecule has 0 radical (unpaired) electrons. The van der Waals surface area contributed by atoms with E-state index in [4.69, 9.17) is 5.73 Å². The van der Waals surface area contributed by atoms with E-state index in [0.29, 0.717) is 5.70 Å². The zero-order valence-corrected chi connectivity index (χ0v) is 23.6. The molecule has 2 heterocycles. The minimum absolute atomic E-state index is 0.154. The molecule has 2 fully saturated rings. The Balaban J connectivity index is 1.23. The maximum atomic E-state index is 13.6. The summed E-state index contributed by atoms with van der Waals surface area (Å²) in [5, 5.41) is 0. The molecule has 3 aromatic carbocycles. The Bertz CT molecular complexity index is 1350. The van der Waals surface area contributed by atoms with Crippen LogP contribution < -0.4 is 15.5 Å². The number of anilines is 2. The molecular formula is C33H41N5O. The predicted octanol–water partition coefficient (Wildman–Crippen LogP) is 4.83. The van der Waals surface area contributed by atoms with Gasteiger partial charge in [0.25, 0.3) is 5.91 Å². The van der Waals surface area contributed by atoms with Gasteiger partial charge < -0.3 is 20.4 Å². The molecule has 6 nitrogen and oxygen atoms in total. The Morgan fingerprint density at radius 2 is 1.31 bits per heavy atom. The molecule has 0 atom stereocenters. The number of piperazine rings is 2. The van der Waals surface area contributed by atoms with Gasteiger partial charge in [-0.1, -0.05) is 49.0 Å². The molecule has 1 amide bonds. The topological polar surface area (TPSA) is 56.1 Å². The Labute approximate surface area is 233 Å². The normalized spacial score (nSPS) is 16.4. The van der Waals surface area contributed by atoms with Gasteiger partial charge in [-0.05, 0) is 61.2 Å². The lowest BCUT2D eigenvalue weighted by molar-refractivity contribution is 0.0746. The number of hydrogen-bond acceptors (Lipinski definition) is 5. The van der Waals surface area contributed by atoms with E-state index in [2.05, 4.69) is 90.6 Å². The molecule has 5 rings (SSSR count). The Hall–Kier alpha value is -3.77. The summed E-state index contributed by atoms with van der Waals surface area (Å²) in [4.78, 5) is 23.0. The summed E-state index contributed by atoms with van der Waals surface area (Å²) in [6.45, 7) is 18.2. The first-order valence-corrected chi connectivity index (χ1v) is 14.0. The van der Waals surface area contributed by atoms with E-state index in [9.17, 15) is 4.79 Å². The van der Waals surface area contributed by atoms with E-state index in [-0.39, 0.29) is 5.91 Å². The van der Waals surface area contributed by atoms with Crippen LogP contribution in [0.25, 0.3) is 5.70 Å². The quantitative estimate of drug-likeness (QED) is 0.502. The monoisotopic (exact) mass is 523 g/mol. The highest BCUT2D eigenvalue weighted by molar-refractivity contribution is 5.96. The summed E-state index contributed by atoms with van der Waals surface area (Å²) in [6, 6.07) is 21.1. The van der Waals surface area contributed by atoms with E-state index in [1.54, 1.807) is 0 Å². The second kappa shape index (κ2) is 11.5. The number of aryl methyl sites for hydroxylation is 3. The summed E-state index contributed by atoms with van der Waals surface area (Å²) in [5.41, 5.74) is 15.8. The first-order valence-electron chi connectivity index (χ1n) is 14.0. The van der Waals surface area contributed by atoms with E-state index in [1.165, 1.54) is 22.4 Å². The number of nitrogens with two attached hydrogens (primary N) is 1. The number of amides is 1. The fourth-order valence-electron chi connectivity index (χ4n) is 5.95. The third kappa shape index (κ3) is 5.81. The fourth-order valence-corrected chi connectivity index (χ4v) is 5.95. The average Bonchev–Trinajstić information content (AvgIpc) is 2.95. The third-order valence-corrected chi connectivity index (χ3v) is 8.29. The number of carbonyl (C=O) groups is 1. The number of carbonyl (C=O) groups excluding carboxylic acids is 1. The number of hydrogen-bond donors (Lipinski definition) is 1. The van der Waals surface area contributed by atoms with Crippen molar-refractivity contribution in [3.8, 4) is 0 Å². The molecule has 0 aliphatic carbocycles. The van der Waals surface area contributed by atoms with Gasteiger partial charge in [0, 0.05) is 87.1 Å². The highest BCUT2D eigenvalue weighted by atomic mass is 16.2. The molecule has 0 aromatic heterocycles. The van der Waals surface area contributed by atoms with Gasteiger partial charge in [0.05, 0.1) is 0 Å². The van der Waals surface area contributed by atoms with Crippen molar-refractivity contribution in [1.29, 1.82) is 0 Å². The van der Waals surface area contributed by atoms with Crippen LogP contribution in [0.3, 0.4) is 0 Å². The molecule has 0 saturated carbocycles. The van der Waals surface area contributed by atoms with Gasteiger partial charge in [-0.25, -0.2) is 0 Å². The highest BCUT2D eigenvalue weighted by Crippen LogP contribution is 2.27. The lowest BCUT2D eigenvalue weighted by Gasteiger charge is -2.38. The Morgan fingerprint density at radius 3 is 1.97 bits per heavy atom. The van der Waals surface area contributed by atoms with E-state index < -0.39 is 0 Å². The van der Waals surface area contributed by atoms with Gasteiger partial charge in [0.1, 0.15) is 0 Å². The van der Waals surface area contributed by atoms with Crippen molar-refractivity contribution in [2.75, 3.05) is 62.2 Å². The van der Waals surface area contributed by atoms with Crippen LogP contribution >= 0.6 is 0 Å². The summed E-state index contributed by atoms with van der Waals surface area (Å²) in [6.07, 6.45) is 0. The first kappa shape index (κ1) is 26.8. The van der Waals surface area contributed by atoms with Crippen molar-refractivity contribution >= 4 is 23.0 Å². The fraction of sp³-hybridized carbons (Fsp3) is 0.364. The van der Waals surface area contributed by atoms with E-state index in [0.717, 1.165) is 81.3 Å². The lowest BCUT2D eigenvalue weighted by atomic mass is 9.98. The van der Waals surface area contributed by atoms with Gasteiger partial charge in [-0.3, -0.25) is 9.69 Å². The van der Waals surface area contributed by atoms with Gasteiger partial charge in [0.15, 0.2) is 0 Å². The molecule has 2 aliphatic heterocycles. The van der Waals surface area contributed by atoms with Crippen molar-refractivity contribution in [2.45, 2.75) is 27.3 Å². The van der Waals surface area contributed by atoms with Crippen LogP contribution in [0.4, 0.5) is 11.4 Å². The molecule has 2 N–H and O–H groups in total. The molecule has 0 spiro atoms. The molecular weight excluding hydrogens is 482 g/mol. The van der Waals surface area contributed by atoms with Gasteiger partial charge in [-0.2, -0.15) is 0 Å². The van der Waals surface area contributed by atoms with Gasteiger partial charge in [0.2, 0.25) is 0 Å². The van der Waals surface area contributed by atoms with Crippen molar-refractivity contribution in [3.05, 3.63) is 101 Å². The minimum Gasteiger partial charge on any atom is -0.399 e. The summed E-state index contributed by atoms with van der Waals surface area (Å²) in [7, 11) is 0. The van der Waals surface area contributed by atoms with Crippen LogP contribution in [-0.2, 0) is 6.54 Å². The van der Waals surface area contributed by atoms with Crippen molar-refractivity contribution < 1.29 is 4.79 Å². The van der Waals surface area contributed by atoms with E-state index in [1.807, 2.05) is 17.0 Å². The number of para-hydroxylation sites is 2. The van der Waals surface area contributed by atoms with Crippen molar-refractivity contribution in [3.63, 3.8) is 0 Å². The Morgan fingerprint density at radius 1 is 0.718 bits per heavy atom. The van der Waals surface area contributed by atoms with Crippen LogP contribution in [0.15, 0.2) is 67.2 Å². The summed E-state index contributed by atoms with van der Waals surface area (Å²) >= 11 is 0. The third-order valence-electron chi connectivity index (χ3n) is 8.29. The largest absolute Gasteiger partial charge is 0.399 e. The maximum absolute atomic E-state index is 13.6. The predicted molar refractivity (Wildman–Crippen MR) is 162 cm³/mol. The molecule has 3 aromatic rings. The average molecular weight is 524 g/mol. The number of benzene rings is 3. The highest BCUT2D eigenvalue weighted by Gasteiger charge is 2.25. The zero-order chi connectivity index (χ0) is 27.5. The first-order chi connectivity index (χ1) is 18.8. The summed E-state index contributed by atoms with van der Waals surface area (Å²) < 4.78 is 0. The van der Waals surface area contributed by atoms with Crippen LogP contribution in [0.2, 0.25) is 0 Å². The molecule has 6 heteroatoms. The minimum atomic E-state index is 0.154. The second-order valence-corrected chi connectivity index (χ2v) is 11.0. The standard InChI is InChI=1S/C33H41N5O/c1-24-9-5-7-11-31(24)36-17-19-38(20-18-36)33(39)30-22-28(25(2)21-26(30)3)23-35-13-15-37(16-14-35)32-12-8-6-10-29(32)27(4)34/h5-12,21-22H,4,13-20,23,34H2,1-3H3. The smallest absolute Gasteiger partial charge is 0.254 e. The molecule has 0 unspecified atom stereocenters. The Kier molecular flexibility index (Phi) is 7.94. The lowest BCUT2D eigenvalue weighted by Crippen LogP contribution is -2.49. The van der Waals surface area contributed by atoms with Crippen LogP contribution in [0.5, 0.6) is 0 Å². The van der Waals surface area contributed by atoms with Gasteiger partial charge >= 0.3 is 0 Å². The van der Waals surface area contributed by atoms with Crippen molar-refractivity contribution in [2.24, 2.45) is 5.73 Å². The molecule has 0 bridgehead atoms. The molecule has 2 saturated heterocycles.